The third-order valence-corrected chi connectivity index (χ3v) is 13.3. The van der Waals surface area contributed by atoms with Gasteiger partial charge in [-0.3, -0.25) is 9.59 Å². The molecule has 1 unspecified atom stereocenters. The Morgan fingerprint density at radius 1 is 0.943 bits per heavy atom. The van der Waals surface area contributed by atoms with E-state index in [4.69, 9.17) is 0 Å². The first-order valence-corrected chi connectivity index (χ1v) is 14.6. The minimum atomic E-state index is -0.481. The SMILES string of the molecule is CC(C)C[C@@H]1CC[C@]2(CO)CC[C@]3(C)[C@H](CC[C@@H]4[C@@]5(C)C=C(C=O)C(=O)C(C)(C)C5CC[C@]43C)[C@@H]12. The molecule has 0 saturated heterocycles. The van der Waals surface area contributed by atoms with Crippen LogP contribution in [0.5, 0.6) is 0 Å². The van der Waals surface area contributed by atoms with Crippen molar-refractivity contribution >= 4 is 12.1 Å². The van der Waals surface area contributed by atoms with Crippen molar-refractivity contribution in [3.8, 4) is 0 Å². The number of ketones is 1. The number of aliphatic hydroxyl groups excluding tert-OH is 1. The van der Waals surface area contributed by atoms with Gasteiger partial charge < -0.3 is 5.11 Å². The van der Waals surface area contributed by atoms with E-state index in [2.05, 4.69) is 54.5 Å². The Labute approximate surface area is 213 Å². The van der Waals surface area contributed by atoms with E-state index < -0.39 is 5.41 Å². The minimum absolute atomic E-state index is 0.0476. The summed E-state index contributed by atoms with van der Waals surface area (Å²) >= 11 is 0. The quantitative estimate of drug-likeness (QED) is 0.346. The number of fused-ring (bicyclic) bond motifs is 7. The van der Waals surface area contributed by atoms with E-state index in [9.17, 15) is 14.7 Å². The second-order valence-corrected chi connectivity index (χ2v) is 15.3. The fraction of sp³-hybridized carbons (Fsp3) is 0.875. The van der Waals surface area contributed by atoms with Gasteiger partial charge in [0.05, 0.1) is 5.57 Å². The third-order valence-electron chi connectivity index (χ3n) is 13.3. The highest BCUT2D eigenvalue weighted by molar-refractivity contribution is 6.15. The number of hydrogen-bond acceptors (Lipinski definition) is 3. The van der Waals surface area contributed by atoms with Crippen LogP contribution in [-0.2, 0) is 9.59 Å². The maximum Gasteiger partial charge on any atom is 0.171 e. The molecule has 0 amide bonds. The zero-order chi connectivity index (χ0) is 25.6. The van der Waals surface area contributed by atoms with E-state index in [-0.39, 0.29) is 27.4 Å². The first kappa shape index (κ1) is 25.7. The molecule has 0 bridgehead atoms. The molecule has 0 aromatic carbocycles. The average Bonchev–Trinajstić information content (AvgIpc) is 3.15. The molecule has 3 nitrogen and oxygen atoms in total. The van der Waals surface area contributed by atoms with E-state index in [0.29, 0.717) is 41.8 Å². The standard InChI is InChI=1S/C32H50O3/c1-20(2)16-21-10-13-32(19-34)15-14-30(6)23(26(21)32)8-9-25-29(5)17-22(18-33)27(35)28(3,4)24(29)11-12-31(25,30)7/h17-18,20-21,23-26,34H,8-16,19H2,1-7H3/t21-,23+,24?,25+,26+,29-,30+,31+,32+/m0/s1. The van der Waals surface area contributed by atoms with Crippen molar-refractivity contribution in [3.05, 3.63) is 11.6 Å². The topological polar surface area (TPSA) is 54.4 Å². The smallest absolute Gasteiger partial charge is 0.171 e. The predicted octanol–water partition coefficient (Wildman–Crippen LogP) is 7.02. The highest BCUT2D eigenvalue weighted by Crippen LogP contribution is 2.76. The molecule has 0 radical (unpaired) electrons. The van der Waals surface area contributed by atoms with Crippen LogP contribution in [0.25, 0.3) is 0 Å². The van der Waals surface area contributed by atoms with Gasteiger partial charge in [-0.1, -0.05) is 54.5 Å². The first-order valence-electron chi connectivity index (χ1n) is 14.6. The van der Waals surface area contributed by atoms with Gasteiger partial charge in [0, 0.05) is 12.0 Å². The van der Waals surface area contributed by atoms with Crippen LogP contribution in [0.15, 0.2) is 11.6 Å². The normalized spacial score (nSPS) is 50.6. The zero-order valence-corrected chi connectivity index (χ0v) is 23.5. The summed E-state index contributed by atoms with van der Waals surface area (Å²) in [4.78, 5) is 25.2. The molecule has 0 aromatic rings. The van der Waals surface area contributed by atoms with Gasteiger partial charge in [0.25, 0.3) is 0 Å². The Bertz CT molecular complexity index is 931. The van der Waals surface area contributed by atoms with Crippen LogP contribution in [0.2, 0.25) is 0 Å². The summed E-state index contributed by atoms with van der Waals surface area (Å²) in [6.45, 7) is 16.9. The van der Waals surface area contributed by atoms with E-state index in [1.807, 2.05) is 0 Å². The van der Waals surface area contributed by atoms with Gasteiger partial charge in [-0.05, 0) is 115 Å². The number of aliphatic hydroxyl groups is 1. The molecule has 5 rings (SSSR count). The molecule has 5 aliphatic carbocycles. The van der Waals surface area contributed by atoms with Crippen molar-refractivity contribution in [2.45, 2.75) is 106 Å². The Morgan fingerprint density at radius 3 is 2.29 bits per heavy atom. The number of aldehydes is 1. The van der Waals surface area contributed by atoms with E-state index in [1.165, 1.54) is 44.9 Å². The van der Waals surface area contributed by atoms with Gasteiger partial charge in [-0.15, -0.1) is 0 Å². The van der Waals surface area contributed by atoms with Crippen molar-refractivity contribution in [1.29, 1.82) is 0 Å². The summed E-state index contributed by atoms with van der Waals surface area (Å²) in [5.41, 5.74) is 0.388. The van der Waals surface area contributed by atoms with Crippen LogP contribution in [-0.4, -0.2) is 23.8 Å². The number of Topliss-reactive ketones (excluding diaryl/α,β-unsaturated/α-hetero) is 1. The number of hydrogen-bond donors (Lipinski definition) is 1. The van der Waals surface area contributed by atoms with Crippen molar-refractivity contribution in [2.75, 3.05) is 6.61 Å². The summed E-state index contributed by atoms with van der Waals surface area (Å²) in [6.07, 6.45) is 13.8. The molecule has 0 aromatic heterocycles. The summed E-state index contributed by atoms with van der Waals surface area (Å²) < 4.78 is 0. The molecule has 4 fully saturated rings. The van der Waals surface area contributed by atoms with E-state index in [1.54, 1.807) is 0 Å². The van der Waals surface area contributed by atoms with Gasteiger partial charge in [0.1, 0.15) is 0 Å². The lowest BCUT2D eigenvalue weighted by atomic mass is 9.33. The maximum absolute atomic E-state index is 13.2. The van der Waals surface area contributed by atoms with Crippen LogP contribution in [0, 0.1) is 62.6 Å². The average molecular weight is 483 g/mol. The molecule has 1 N–H and O–H groups in total. The van der Waals surface area contributed by atoms with E-state index in [0.717, 1.165) is 25.0 Å². The molecule has 0 aliphatic heterocycles. The molecule has 3 heteroatoms. The first-order chi connectivity index (χ1) is 16.3. The lowest BCUT2D eigenvalue weighted by Gasteiger charge is -2.71. The zero-order valence-electron chi connectivity index (χ0n) is 23.5. The van der Waals surface area contributed by atoms with Crippen molar-refractivity contribution in [2.24, 2.45) is 62.6 Å². The highest BCUT2D eigenvalue weighted by Gasteiger charge is 2.70. The fourth-order valence-corrected chi connectivity index (χ4v) is 11.7. The Morgan fingerprint density at radius 2 is 1.66 bits per heavy atom. The van der Waals surface area contributed by atoms with E-state index >= 15 is 0 Å². The molecule has 4 saturated carbocycles. The second-order valence-electron chi connectivity index (χ2n) is 15.3. The summed E-state index contributed by atoms with van der Waals surface area (Å²) in [6, 6.07) is 0. The largest absolute Gasteiger partial charge is 0.396 e. The van der Waals surface area contributed by atoms with Crippen molar-refractivity contribution in [3.63, 3.8) is 0 Å². The van der Waals surface area contributed by atoms with Crippen LogP contribution < -0.4 is 0 Å². The molecule has 35 heavy (non-hydrogen) atoms. The minimum Gasteiger partial charge on any atom is -0.396 e. The van der Waals surface area contributed by atoms with Crippen LogP contribution in [0.4, 0.5) is 0 Å². The molecule has 0 heterocycles. The summed E-state index contributed by atoms with van der Waals surface area (Å²) in [7, 11) is 0. The van der Waals surface area contributed by atoms with Gasteiger partial charge in [0.15, 0.2) is 12.1 Å². The molecule has 0 spiro atoms. The maximum atomic E-state index is 13.2. The molecule has 196 valence electrons. The number of carbonyl (C=O) groups excluding carboxylic acids is 2. The number of allylic oxidation sites excluding steroid dienone is 2. The molecule has 9 atom stereocenters. The molecular weight excluding hydrogens is 432 g/mol. The van der Waals surface area contributed by atoms with Gasteiger partial charge in [-0.2, -0.15) is 0 Å². The third kappa shape index (κ3) is 3.18. The van der Waals surface area contributed by atoms with Crippen molar-refractivity contribution in [1.82, 2.24) is 0 Å². The second kappa shape index (κ2) is 8.02. The van der Waals surface area contributed by atoms with Crippen LogP contribution >= 0.6 is 0 Å². The Hall–Kier alpha value is -0.960. The number of carbonyl (C=O) groups is 2. The van der Waals surface area contributed by atoms with Crippen LogP contribution in [0.3, 0.4) is 0 Å². The van der Waals surface area contributed by atoms with Crippen molar-refractivity contribution < 1.29 is 14.7 Å². The van der Waals surface area contributed by atoms with Gasteiger partial charge in [-0.25, -0.2) is 0 Å². The highest BCUT2D eigenvalue weighted by atomic mass is 16.3. The fourth-order valence-electron chi connectivity index (χ4n) is 11.7. The van der Waals surface area contributed by atoms with Crippen LogP contribution in [0.1, 0.15) is 106 Å². The monoisotopic (exact) mass is 482 g/mol. The van der Waals surface area contributed by atoms with Gasteiger partial charge >= 0.3 is 0 Å². The Kier molecular flexibility index (Phi) is 5.88. The van der Waals surface area contributed by atoms with Gasteiger partial charge in [0.2, 0.25) is 0 Å². The Balaban J connectivity index is 1.58. The predicted molar refractivity (Wildman–Crippen MR) is 141 cm³/mol. The lowest BCUT2D eigenvalue weighted by Crippen LogP contribution is -2.66. The lowest BCUT2D eigenvalue weighted by molar-refractivity contribution is -0.223. The summed E-state index contributed by atoms with van der Waals surface area (Å²) in [5, 5.41) is 10.7. The molecular formula is C32H50O3. The number of rotatable bonds is 4. The summed E-state index contributed by atoms with van der Waals surface area (Å²) in [5.74, 6) is 3.59. The molecule has 5 aliphatic rings.